The Morgan fingerprint density at radius 2 is 1.84 bits per heavy atom. The van der Waals surface area contributed by atoms with Crippen LogP contribution in [0, 0.1) is 0 Å². The quantitative estimate of drug-likeness (QED) is 0.727. The molecule has 0 aliphatic rings. The summed E-state index contributed by atoms with van der Waals surface area (Å²) < 4.78 is 1.08. The lowest BCUT2D eigenvalue weighted by Gasteiger charge is -2.19. The first-order valence-electron chi connectivity index (χ1n) is 8.00. The predicted octanol–water partition coefficient (Wildman–Crippen LogP) is 1.04. The molecule has 1 amide bonds. The molecule has 0 bridgehead atoms. The van der Waals surface area contributed by atoms with Crippen LogP contribution in [-0.4, -0.2) is 41.0 Å². The predicted molar refractivity (Wildman–Crippen MR) is 96.5 cm³/mol. The number of hydrogen-bond donors (Lipinski definition) is 1. The average Bonchev–Trinajstić information content (AvgIpc) is 2.65. The van der Waals surface area contributed by atoms with Crippen LogP contribution in [0.1, 0.15) is 0 Å². The highest BCUT2D eigenvalue weighted by Crippen LogP contribution is 2.09. The van der Waals surface area contributed by atoms with E-state index in [2.05, 4.69) is 15.6 Å². The molecule has 25 heavy (non-hydrogen) atoms. The Hall–Kier alpha value is -3.22. The van der Waals surface area contributed by atoms with Crippen molar-refractivity contribution in [1.82, 2.24) is 20.3 Å². The summed E-state index contributed by atoms with van der Waals surface area (Å²) in [7, 11) is 1.96. The first kappa shape index (κ1) is 16.6. The van der Waals surface area contributed by atoms with Crippen molar-refractivity contribution < 1.29 is 4.79 Å². The van der Waals surface area contributed by atoms with Gasteiger partial charge >= 0.3 is 0 Å². The second-order valence-electron chi connectivity index (χ2n) is 5.68. The highest BCUT2D eigenvalue weighted by molar-refractivity contribution is 5.78. The summed E-state index contributed by atoms with van der Waals surface area (Å²) in [6.45, 7) is 0.986. The maximum atomic E-state index is 12.3. The second-order valence-corrected chi connectivity index (χ2v) is 5.68. The molecule has 0 atom stereocenters. The zero-order valence-corrected chi connectivity index (χ0v) is 13.9. The summed E-state index contributed by atoms with van der Waals surface area (Å²) in [5.41, 5.74) is 1.28. The minimum Gasteiger partial charge on any atom is -0.373 e. The molecule has 0 radical (unpaired) electrons. The zero-order chi connectivity index (χ0) is 17.6. The van der Waals surface area contributed by atoms with Crippen molar-refractivity contribution in [2.75, 3.05) is 25.0 Å². The number of likely N-dealkylation sites (N-methyl/N-ethyl adjacent to an activating group) is 1. The number of benzene rings is 2. The normalized spacial score (nSPS) is 10.6. The number of hydrogen-bond acceptors (Lipinski definition) is 5. The Kier molecular flexibility index (Phi) is 5.03. The first-order chi connectivity index (χ1) is 12.1. The van der Waals surface area contributed by atoms with Crippen LogP contribution in [0.4, 0.5) is 5.69 Å². The fourth-order valence-corrected chi connectivity index (χ4v) is 2.49. The molecule has 0 unspecified atom stereocenters. The van der Waals surface area contributed by atoms with E-state index >= 15 is 0 Å². The molecule has 0 aliphatic carbocycles. The molecule has 0 aliphatic heterocycles. The number of carbonyl (C=O) groups is 1. The Morgan fingerprint density at radius 3 is 2.64 bits per heavy atom. The van der Waals surface area contributed by atoms with Crippen molar-refractivity contribution in [2.24, 2.45) is 0 Å². The Bertz CT molecular complexity index is 923. The van der Waals surface area contributed by atoms with Crippen LogP contribution in [0.3, 0.4) is 0 Å². The van der Waals surface area contributed by atoms with E-state index in [0.29, 0.717) is 24.0 Å². The summed E-state index contributed by atoms with van der Waals surface area (Å²) in [5.74, 6) is -0.270. The standard InChI is InChI=1S/C18H19N5O2/c1-22(14-7-3-2-4-8-14)12-11-19-17(24)13-23-18(25)15-9-5-6-10-16(15)20-21-23/h2-10H,11-13H2,1H3,(H,19,24). The van der Waals surface area contributed by atoms with Gasteiger partial charge in [0.2, 0.25) is 5.91 Å². The van der Waals surface area contributed by atoms with E-state index in [4.69, 9.17) is 0 Å². The molecule has 1 aromatic heterocycles. The monoisotopic (exact) mass is 337 g/mol. The number of anilines is 1. The van der Waals surface area contributed by atoms with E-state index < -0.39 is 0 Å². The molecule has 128 valence electrons. The lowest BCUT2D eigenvalue weighted by molar-refractivity contribution is -0.121. The molecular weight excluding hydrogens is 318 g/mol. The van der Waals surface area contributed by atoms with Gasteiger partial charge in [0.25, 0.3) is 5.56 Å². The van der Waals surface area contributed by atoms with Crippen molar-refractivity contribution in [2.45, 2.75) is 6.54 Å². The molecule has 7 nitrogen and oxygen atoms in total. The third-order valence-corrected chi connectivity index (χ3v) is 3.89. The molecule has 3 aromatic rings. The van der Waals surface area contributed by atoms with Crippen molar-refractivity contribution in [3.05, 3.63) is 65.0 Å². The summed E-state index contributed by atoms with van der Waals surface area (Å²) in [4.78, 5) is 26.4. The van der Waals surface area contributed by atoms with Crippen molar-refractivity contribution in [1.29, 1.82) is 0 Å². The maximum absolute atomic E-state index is 12.3. The van der Waals surface area contributed by atoms with Gasteiger partial charge in [0.05, 0.1) is 5.39 Å². The second kappa shape index (κ2) is 7.57. The highest BCUT2D eigenvalue weighted by atomic mass is 16.2. The van der Waals surface area contributed by atoms with Crippen LogP contribution >= 0.6 is 0 Å². The number of rotatable bonds is 6. The molecule has 2 aromatic carbocycles. The number of para-hydroxylation sites is 1. The largest absolute Gasteiger partial charge is 0.373 e. The van der Waals surface area contributed by atoms with Gasteiger partial charge in [0.1, 0.15) is 12.1 Å². The number of aromatic nitrogens is 3. The zero-order valence-electron chi connectivity index (χ0n) is 13.9. The Balaban J connectivity index is 1.56. The van der Waals surface area contributed by atoms with Gasteiger partial charge in [0.15, 0.2) is 0 Å². The number of amides is 1. The molecule has 0 spiro atoms. The smallest absolute Gasteiger partial charge is 0.278 e. The minimum atomic E-state index is -0.317. The fraction of sp³-hybridized carbons (Fsp3) is 0.222. The minimum absolute atomic E-state index is 0.147. The summed E-state index contributed by atoms with van der Waals surface area (Å²) in [6.07, 6.45) is 0. The van der Waals surface area contributed by atoms with Gasteiger partial charge in [-0.05, 0) is 24.3 Å². The van der Waals surface area contributed by atoms with Gasteiger partial charge in [-0.2, -0.15) is 0 Å². The molecule has 0 saturated heterocycles. The molecule has 0 fully saturated rings. The summed E-state index contributed by atoms with van der Waals surface area (Å²) in [5, 5.41) is 11.0. The molecule has 1 heterocycles. The lowest BCUT2D eigenvalue weighted by atomic mass is 10.2. The number of nitrogens with one attached hydrogen (secondary N) is 1. The third-order valence-electron chi connectivity index (χ3n) is 3.89. The average molecular weight is 337 g/mol. The van der Waals surface area contributed by atoms with Gasteiger partial charge in [0, 0.05) is 25.8 Å². The van der Waals surface area contributed by atoms with Gasteiger partial charge in [-0.3, -0.25) is 9.59 Å². The van der Waals surface area contributed by atoms with Crippen molar-refractivity contribution in [3.8, 4) is 0 Å². The van der Waals surface area contributed by atoms with Crippen molar-refractivity contribution in [3.63, 3.8) is 0 Å². The molecule has 0 saturated carbocycles. The van der Waals surface area contributed by atoms with Crippen LogP contribution in [0.25, 0.3) is 10.9 Å². The van der Waals surface area contributed by atoms with Crippen LogP contribution < -0.4 is 15.8 Å². The fourth-order valence-electron chi connectivity index (χ4n) is 2.49. The SMILES string of the molecule is CN(CCNC(=O)Cn1nnc2ccccc2c1=O)c1ccccc1. The van der Waals surface area contributed by atoms with E-state index in [-0.39, 0.29) is 18.0 Å². The molecular formula is C18H19N5O2. The van der Waals surface area contributed by atoms with Gasteiger partial charge < -0.3 is 10.2 Å². The topological polar surface area (TPSA) is 80.1 Å². The summed E-state index contributed by atoms with van der Waals surface area (Å²) >= 11 is 0. The van der Waals surface area contributed by atoms with Gasteiger partial charge in [-0.15, -0.1) is 5.10 Å². The molecule has 1 N–H and O–H groups in total. The van der Waals surface area contributed by atoms with Gasteiger partial charge in [-0.1, -0.05) is 35.5 Å². The van der Waals surface area contributed by atoms with Crippen LogP contribution in [0.5, 0.6) is 0 Å². The van der Waals surface area contributed by atoms with E-state index in [1.54, 1.807) is 24.3 Å². The van der Waals surface area contributed by atoms with E-state index in [1.807, 2.05) is 42.3 Å². The van der Waals surface area contributed by atoms with Crippen LogP contribution in [0.2, 0.25) is 0 Å². The third kappa shape index (κ3) is 4.00. The lowest BCUT2D eigenvalue weighted by Crippen LogP contribution is -2.37. The Morgan fingerprint density at radius 1 is 1.12 bits per heavy atom. The highest BCUT2D eigenvalue weighted by Gasteiger charge is 2.09. The number of fused-ring (bicyclic) bond motifs is 1. The molecule has 7 heteroatoms. The Labute approximate surface area is 144 Å². The maximum Gasteiger partial charge on any atom is 0.278 e. The van der Waals surface area contributed by atoms with Gasteiger partial charge in [-0.25, -0.2) is 4.68 Å². The number of nitrogens with zero attached hydrogens (tertiary/aromatic N) is 4. The van der Waals surface area contributed by atoms with Crippen molar-refractivity contribution >= 4 is 22.5 Å². The number of carbonyl (C=O) groups excluding carboxylic acids is 1. The van der Waals surface area contributed by atoms with Crippen LogP contribution in [0.15, 0.2) is 59.4 Å². The molecule has 3 rings (SSSR count). The van der Waals surface area contributed by atoms with E-state index in [0.717, 1.165) is 10.4 Å². The van der Waals surface area contributed by atoms with E-state index in [9.17, 15) is 9.59 Å². The summed E-state index contributed by atoms with van der Waals surface area (Å²) in [6, 6.07) is 16.8. The van der Waals surface area contributed by atoms with Crippen LogP contribution in [-0.2, 0) is 11.3 Å². The van der Waals surface area contributed by atoms with E-state index in [1.165, 1.54) is 0 Å². The first-order valence-corrected chi connectivity index (χ1v) is 8.00.